The highest BCUT2D eigenvalue weighted by Gasteiger charge is 2.28. The summed E-state index contributed by atoms with van der Waals surface area (Å²) in [4.78, 5) is 15.3. The Labute approximate surface area is 249 Å². The number of ether oxygens (including phenoxy) is 2. The van der Waals surface area contributed by atoms with Gasteiger partial charge in [-0.15, -0.1) is 0 Å². The van der Waals surface area contributed by atoms with Crippen LogP contribution in [-0.4, -0.2) is 39.4 Å². The van der Waals surface area contributed by atoms with Crippen LogP contribution in [0.2, 0.25) is 10.0 Å². The molecule has 4 aromatic rings. The second kappa shape index (κ2) is 12.4. The van der Waals surface area contributed by atoms with Gasteiger partial charge in [0.05, 0.1) is 28.3 Å². The Balaban J connectivity index is 1.30. The van der Waals surface area contributed by atoms with E-state index in [1.807, 2.05) is 18.2 Å². The quantitative estimate of drug-likeness (QED) is 0.222. The number of halogens is 2. The summed E-state index contributed by atoms with van der Waals surface area (Å²) in [7, 11) is -2.37. The lowest BCUT2D eigenvalue weighted by Gasteiger charge is -2.33. The van der Waals surface area contributed by atoms with Crippen LogP contribution in [0, 0.1) is 0 Å². The van der Waals surface area contributed by atoms with Crippen LogP contribution < -0.4 is 14.2 Å². The van der Waals surface area contributed by atoms with E-state index in [-0.39, 0.29) is 28.0 Å². The highest BCUT2D eigenvalue weighted by molar-refractivity contribution is 7.92. The van der Waals surface area contributed by atoms with Gasteiger partial charge in [-0.05, 0) is 85.0 Å². The molecular weight excluding hydrogens is 583 g/mol. The molecular formula is C31H28Cl2N2O5S. The van der Waals surface area contributed by atoms with E-state index >= 15 is 0 Å². The number of rotatable bonds is 8. The molecule has 0 aliphatic carbocycles. The second-order valence-electron chi connectivity index (χ2n) is 9.61. The van der Waals surface area contributed by atoms with Crippen molar-refractivity contribution in [2.75, 3.05) is 24.9 Å². The number of hydrogen-bond donors (Lipinski definition) is 1. The fraction of sp³-hybridized carbons (Fsp3) is 0.194. The number of carbonyl (C=O) groups is 1. The van der Waals surface area contributed by atoms with Gasteiger partial charge >= 0.3 is 0 Å². The van der Waals surface area contributed by atoms with E-state index < -0.39 is 10.0 Å². The maximum Gasteiger partial charge on any atom is 0.261 e. The molecule has 0 saturated carbocycles. The summed E-state index contributed by atoms with van der Waals surface area (Å²) in [6.45, 7) is 1.04. The molecule has 7 nitrogen and oxygen atoms in total. The monoisotopic (exact) mass is 610 g/mol. The zero-order valence-corrected chi connectivity index (χ0v) is 24.5. The molecule has 1 fully saturated rings. The molecule has 1 aliphatic rings. The summed E-state index contributed by atoms with van der Waals surface area (Å²) in [6.07, 6.45) is 1.52. The lowest BCUT2D eigenvalue weighted by atomic mass is 9.88. The maximum absolute atomic E-state index is 13.6. The minimum atomic E-state index is -4.02. The minimum Gasteiger partial charge on any atom is -0.496 e. The van der Waals surface area contributed by atoms with Crippen molar-refractivity contribution in [3.63, 3.8) is 0 Å². The third-order valence-electron chi connectivity index (χ3n) is 7.02. The Bertz CT molecular complexity index is 1650. The Morgan fingerprint density at radius 2 is 1.54 bits per heavy atom. The number of hydrogen-bond acceptors (Lipinski definition) is 5. The molecule has 1 amide bonds. The number of sulfonamides is 1. The first-order chi connectivity index (χ1) is 19.7. The van der Waals surface area contributed by atoms with Crippen molar-refractivity contribution in [2.24, 2.45) is 0 Å². The van der Waals surface area contributed by atoms with E-state index in [1.165, 1.54) is 36.4 Å². The number of para-hydroxylation sites is 2. The predicted octanol–water partition coefficient (Wildman–Crippen LogP) is 7.61. The van der Waals surface area contributed by atoms with Gasteiger partial charge in [-0.1, -0.05) is 53.5 Å². The highest BCUT2D eigenvalue weighted by atomic mass is 35.5. The van der Waals surface area contributed by atoms with Crippen LogP contribution in [0.3, 0.4) is 0 Å². The Morgan fingerprint density at radius 1 is 0.878 bits per heavy atom. The van der Waals surface area contributed by atoms with Gasteiger partial charge in [-0.3, -0.25) is 9.52 Å². The van der Waals surface area contributed by atoms with E-state index in [4.69, 9.17) is 32.7 Å². The van der Waals surface area contributed by atoms with Crippen LogP contribution in [-0.2, 0) is 10.0 Å². The smallest absolute Gasteiger partial charge is 0.261 e. The van der Waals surface area contributed by atoms with Crippen LogP contribution >= 0.6 is 23.2 Å². The van der Waals surface area contributed by atoms with Crippen molar-refractivity contribution in [1.29, 1.82) is 0 Å². The highest BCUT2D eigenvalue weighted by Crippen LogP contribution is 2.35. The summed E-state index contributed by atoms with van der Waals surface area (Å²) < 4.78 is 40.4. The molecule has 1 heterocycles. The van der Waals surface area contributed by atoms with Crippen LogP contribution in [0.4, 0.5) is 5.69 Å². The molecule has 4 aromatic carbocycles. The first kappa shape index (κ1) is 28.8. The van der Waals surface area contributed by atoms with Crippen LogP contribution in [0.1, 0.15) is 34.7 Å². The summed E-state index contributed by atoms with van der Waals surface area (Å²) >= 11 is 12.4. The Morgan fingerprint density at radius 3 is 2.22 bits per heavy atom. The third-order valence-corrected chi connectivity index (χ3v) is 8.94. The molecule has 1 aliphatic heterocycles. The number of carbonyl (C=O) groups excluding carboxylic acids is 1. The van der Waals surface area contributed by atoms with E-state index in [2.05, 4.69) is 10.8 Å². The van der Waals surface area contributed by atoms with Gasteiger partial charge < -0.3 is 14.4 Å². The molecule has 0 spiro atoms. The van der Waals surface area contributed by atoms with Gasteiger partial charge in [0.15, 0.2) is 0 Å². The standard InChI is InChI=1S/C31H28Cl2N2O5S/c1-39-29-8-4-2-6-25(29)21-16-18-35(19-17-21)31(36)26-20-22(32)10-15-28(26)34-41(37,38)24-13-11-23(12-14-24)40-30-9-5-3-7-27(30)33/h2-15,20-21,34H,16-19H2,1H3. The SMILES string of the molecule is COc1ccccc1C1CCN(C(=O)c2cc(Cl)ccc2NS(=O)(=O)c2ccc(Oc3ccccc3Cl)cc2)CC1. The fourth-order valence-electron chi connectivity index (χ4n) is 4.90. The Kier molecular flexibility index (Phi) is 8.73. The maximum atomic E-state index is 13.6. The average Bonchev–Trinajstić information content (AvgIpc) is 2.99. The van der Waals surface area contributed by atoms with Crippen molar-refractivity contribution in [2.45, 2.75) is 23.7 Å². The van der Waals surface area contributed by atoms with Crippen LogP contribution in [0.15, 0.2) is 95.9 Å². The van der Waals surface area contributed by atoms with E-state index in [9.17, 15) is 13.2 Å². The zero-order valence-electron chi connectivity index (χ0n) is 22.2. The molecule has 0 bridgehead atoms. The van der Waals surface area contributed by atoms with E-state index in [0.29, 0.717) is 34.6 Å². The lowest BCUT2D eigenvalue weighted by Crippen LogP contribution is -2.38. The predicted molar refractivity (Wildman–Crippen MR) is 161 cm³/mol. The lowest BCUT2D eigenvalue weighted by molar-refractivity contribution is 0.0713. The topological polar surface area (TPSA) is 84.9 Å². The molecule has 1 N–H and O–H groups in total. The summed E-state index contributed by atoms with van der Waals surface area (Å²) in [5.74, 6) is 1.70. The molecule has 212 valence electrons. The van der Waals surface area contributed by atoms with Gasteiger partial charge in [0.25, 0.3) is 15.9 Å². The number of anilines is 1. The van der Waals surface area contributed by atoms with Gasteiger partial charge in [-0.2, -0.15) is 0 Å². The number of piperidine rings is 1. The molecule has 0 radical (unpaired) electrons. The molecule has 0 atom stereocenters. The largest absolute Gasteiger partial charge is 0.496 e. The summed E-state index contributed by atoms with van der Waals surface area (Å²) in [5, 5.41) is 0.774. The van der Waals surface area contributed by atoms with E-state index in [1.54, 1.807) is 42.3 Å². The molecule has 0 aromatic heterocycles. The van der Waals surface area contributed by atoms with Gasteiger partial charge in [-0.25, -0.2) is 8.42 Å². The van der Waals surface area contributed by atoms with Crippen molar-refractivity contribution in [3.05, 3.63) is 112 Å². The van der Waals surface area contributed by atoms with Crippen LogP contribution in [0.5, 0.6) is 17.2 Å². The fourth-order valence-corrected chi connectivity index (χ4v) is 6.32. The minimum absolute atomic E-state index is 0.00924. The molecule has 41 heavy (non-hydrogen) atoms. The van der Waals surface area contributed by atoms with Crippen LogP contribution in [0.25, 0.3) is 0 Å². The molecule has 10 heteroatoms. The first-order valence-corrected chi connectivity index (χ1v) is 15.3. The van der Waals surface area contributed by atoms with Crippen molar-refractivity contribution < 1.29 is 22.7 Å². The van der Waals surface area contributed by atoms with Crippen molar-refractivity contribution in [3.8, 4) is 17.2 Å². The number of likely N-dealkylation sites (tertiary alicyclic amines) is 1. The number of nitrogens with zero attached hydrogens (tertiary/aromatic N) is 1. The average molecular weight is 612 g/mol. The molecule has 1 saturated heterocycles. The summed E-state index contributed by atoms with van der Waals surface area (Å²) in [6, 6.07) is 25.4. The number of benzene rings is 4. The van der Waals surface area contributed by atoms with Crippen molar-refractivity contribution in [1.82, 2.24) is 4.90 Å². The van der Waals surface area contributed by atoms with Crippen molar-refractivity contribution >= 4 is 44.8 Å². The van der Waals surface area contributed by atoms with Gasteiger partial charge in [0.1, 0.15) is 17.2 Å². The first-order valence-electron chi connectivity index (χ1n) is 13.0. The second-order valence-corrected chi connectivity index (χ2v) is 12.1. The van der Waals surface area contributed by atoms with Gasteiger partial charge in [0, 0.05) is 18.1 Å². The Hall–Kier alpha value is -3.72. The number of nitrogens with one attached hydrogen (secondary N) is 1. The molecule has 0 unspecified atom stereocenters. The van der Waals surface area contributed by atoms with E-state index in [0.717, 1.165) is 24.2 Å². The third kappa shape index (κ3) is 6.62. The molecule has 5 rings (SSSR count). The number of methoxy groups -OCH3 is 1. The zero-order chi connectivity index (χ0) is 29.0. The number of amides is 1. The summed E-state index contributed by atoms with van der Waals surface area (Å²) in [5.41, 5.74) is 1.47. The normalized spacial score (nSPS) is 14.0. The van der Waals surface area contributed by atoms with Gasteiger partial charge in [0.2, 0.25) is 0 Å².